The molecule has 0 aliphatic carbocycles. The number of nitrogens with two attached hydrogens (primary N) is 1. The van der Waals surface area contributed by atoms with Gasteiger partial charge in [-0.25, -0.2) is 0 Å². The highest BCUT2D eigenvalue weighted by Crippen LogP contribution is 2.12. The van der Waals surface area contributed by atoms with E-state index in [0.29, 0.717) is 12.3 Å². The Bertz CT molecular complexity index is 120. The molecule has 1 atom stereocenters. The first-order chi connectivity index (χ1) is 4.83. The molecule has 0 saturated carbocycles. The van der Waals surface area contributed by atoms with Crippen LogP contribution in [0.5, 0.6) is 0 Å². The van der Waals surface area contributed by atoms with E-state index in [1.165, 1.54) is 0 Å². The molecule has 11 heavy (non-hydrogen) atoms. The molecular formula is C7H15ClN2O. The summed E-state index contributed by atoms with van der Waals surface area (Å²) in [5.74, 6) is 0.816. The van der Waals surface area contributed by atoms with E-state index in [1.807, 2.05) is 0 Å². The first-order valence-electron chi connectivity index (χ1n) is 3.79. The fourth-order valence-corrected chi connectivity index (χ4v) is 1.27. The van der Waals surface area contributed by atoms with Crippen LogP contribution in [0.4, 0.5) is 0 Å². The van der Waals surface area contributed by atoms with E-state index in [0.717, 1.165) is 25.9 Å². The maximum Gasteiger partial charge on any atom is 0.220 e. The van der Waals surface area contributed by atoms with Crippen LogP contribution in [0.25, 0.3) is 0 Å². The van der Waals surface area contributed by atoms with Crippen LogP contribution < -0.4 is 11.1 Å². The summed E-state index contributed by atoms with van der Waals surface area (Å²) in [5.41, 5.74) is 5.38. The molecule has 1 aliphatic heterocycles. The second kappa shape index (κ2) is 5.38. The molecule has 0 aromatic carbocycles. The number of rotatable bonds is 2. The van der Waals surface area contributed by atoms with Gasteiger partial charge < -0.3 is 11.1 Å². The van der Waals surface area contributed by atoms with Crippen molar-refractivity contribution in [3.63, 3.8) is 0 Å². The first-order valence-corrected chi connectivity index (χ1v) is 3.79. The summed E-state index contributed by atoms with van der Waals surface area (Å²) in [6, 6.07) is 0. The minimum Gasteiger partial charge on any atom is -0.356 e. The average molecular weight is 179 g/mol. The Hall–Kier alpha value is -0.280. The van der Waals surface area contributed by atoms with Crippen LogP contribution in [0, 0.1) is 5.92 Å². The van der Waals surface area contributed by atoms with Crippen molar-refractivity contribution >= 4 is 18.3 Å². The van der Waals surface area contributed by atoms with Gasteiger partial charge in [-0.05, 0) is 25.3 Å². The zero-order chi connectivity index (χ0) is 7.40. The van der Waals surface area contributed by atoms with Crippen molar-refractivity contribution in [2.75, 3.05) is 13.1 Å². The smallest absolute Gasteiger partial charge is 0.220 e. The molecule has 1 fully saturated rings. The minimum absolute atomic E-state index is 0. The van der Waals surface area contributed by atoms with Crippen LogP contribution in [0.2, 0.25) is 0 Å². The van der Waals surface area contributed by atoms with E-state index in [4.69, 9.17) is 5.73 Å². The van der Waals surface area contributed by atoms with E-state index in [-0.39, 0.29) is 18.3 Å². The summed E-state index contributed by atoms with van der Waals surface area (Å²) < 4.78 is 0. The van der Waals surface area contributed by atoms with Gasteiger partial charge >= 0.3 is 0 Å². The fourth-order valence-electron chi connectivity index (χ4n) is 1.27. The lowest BCUT2D eigenvalue weighted by atomic mass is 9.96. The van der Waals surface area contributed by atoms with Gasteiger partial charge in [-0.2, -0.15) is 0 Å². The van der Waals surface area contributed by atoms with Gasteiger partial charge in [-0.3, -0.25) is 4.79 Å². The highest BCUT2D eigenvalue weighted by atomic mass is 35.5. The summed E-state index contributed by atoms with van der Waals surface area (Å²) in [7, 11) is 0. The van der Waals surface area contributed by atoms with Crippen molar-refractivity contribution in [3.8, 4) is 0 Å². The predicted molar refractivity (Wildman–Crippen MR) is 46.7 cm³/mol. The standard InChI is InChI=1S/C7H14N2O.ClH/c8-4-3-6-1-2-7(10)9-5-6;/h6H,1-5,8H2,(H,9,10);1H. The van der Waals surface area contributed by atoms with Crippen LogP contribution in [-0.2, 0) is 4.79 Å². The van der Waals surface area contributed by atoms with E-state index in [1.54, 1.807) is 0 Å². The van der Waals surface area contributed by atoms with Crippen LogP contribution in [0.3, 0.4) is 0 Å². The summed E-state index contributed by atoms with van der Waals surface area (Å²) in [5, 5.41) is 2.82. The Morgan fingerprint density at radius 1 is 1.64 bits per heavy atom. The van der Waals surface area contributed by atoms with Gasteiger partial charge in [0.15, 0.2) is 0 Å². The van der Waals surface area contributed by atoms with E-state index in [9.17, 15) is 4.79 Å². The Labute approximate surface area is 73.1 Å². The van der Waals surface area contributed by atoms with Gasteiger partial charge in [0.05, 0.1) is 0 Å². The molecule has 1 unspecified atom stereocenters. The van der Waals surface area contributed by atoms with Crippen LogP contribution in [0.1, 0.15) is 19.3 Å². The predicted octanol–water partition coefficient (Wildman–Crippen LogP) is 0.283. The van der Waals surface area contributed by atoms with E-state index in [2.05, 4.69) is 5.32 Å². The van der Waals surface area contributed by atoms with Crippen molar-refractivity contribution in [2.24, 2.45) is 11.7 Å². The van der Waals surface area contributed by atoms with E-state index < -0.39 is 0 Å². The normalized spacial score (nSPS) is 23.7. The van der Waals surface area contributed by atoms with Gasteiger partial charge in [0.25, 0.3) is 0 Å². The highest BCUT2D eigenvalue weighted by molar-refractivity contribution is 5.85. The Morgan fingerprint density at radius 3 is 2.82 bits per heavy atom. The molecule has 0 spiro atoms. The zero-order valence-corrected chi connectivity index (χ0v) is 7.32. The number of carbonyl (C=O) groups is 1. The molecule has 3 nitrogen and oxygen atoms in total. The maximum atomic E-state index is 10.7. The van der Waals surface area contributed by atoms with Crippen molar-refractivity contribution in [2.45, 2.75) is 19.3 Å². The largest absolute Gasteiger partial charge is 0.356 e. The molecule has 66 valence electrons. The third kappa shape index (κ3) is 3.58. The number of nitrogens with one attached hydrogen (secondary N) is 1. The fraction of sp³-hybridized carbons (Fsp3) is 0.857. The highest BCUT2D eigenvalue weighted by Gasteiger charge is 2.16. The quantitative estimate of drug-likeness (QED) is 0.639. The lowest BCUT2D eigenvalue weighted by molar-refractivity contribution is -0.122. The van der Waals surface area contributed by atoms with Crippen molar-refractivity contribution in [1.29, 1.82) is 0 Å². The SMILES string of the molecule is Cl.NCCC1CCC(=O)NC1. The molecule has 1 rings (SSSR count). The third-order valence-corrected chi connectivity index (χ3v) is 1.94. The van der Waals surface area contributed by atoms with Gasteiger partial charge in [0.1, 0.15) is 0 Å². The second-order valence-electron chi connectivity index (χ2n) is 2.79. The molecule has 1 aliphatic rings. The molecule has 0 aromatic heterocycles. The Kier molecular flexibility index (Phi) is 5.24. The Balaban J connectivity index is 0.000001000. The van der Waals surface area contributed by atoms with Crippen LogP contribution in [0.15, 0.2) is 0 Å². The Morgan fingerprint density at radius 2 is 2.36 bits per heavy atom. The van der Waals surface area contributed by atoms with Crippen molar-refractivity contribution in [1.82, 2.24) is 5.32 Å². The number of carbonyl (C=O) groups excluding carboxylic acids is 1. The van der Waals surface area contributed by atoms with Gasteiger partial charge in [-0.1, -0.05) is 0 Å². The topological polar surface area (TPSA) is 55.1 Å². The molecule has 3 N–H and O–H groups in total. The van der Waals surface area contributed by atoms with Crippen LogP contribution >= 0.6 is 12.4 Å². The van der Waals surface area contributed by atoms with Gasteiger partial charge in [0.2, 0.25) is 5.91 Å². The molecular weight excluding hydrogens is 164 g/mol. The monoisotopic (exact) mass is 178 g/mol. The number of amides is 1. The summed E-state index contributed by atoms with van der Waals surface area (Å²) >= 11 is 0. The average Bonchev–Trinajstić information content (AvgIpc) is 1.95. The van der Waals surface area contributed by atoms with E-state index >= 15 is 0 Å². The maximum absolute atomic E-state index is 10.7. The second-order valence-corrected chi connectivity index (χ2v) is 2.79. The molecule has 1 saturated heterocycles. The third-order valence-electron chi connectivity index (χ3n) is 1.94. The number of hydrogen-bond acceptors (Lipinski definition) is 2. The molecule has 1 amide bonds. The van der Waals surface area contributed by atoms with Crippen molar-refractivity contribution in [3.05, 3.63) is 0 Å². The number of hydrogen-bond donors (Lipinski definition) is 2. The number of halogens is 1. The first kappa shape index (κ1) is 10.7. The molecule has 4 heteroatoms. The molecule has 1 heterocycles. The summed E-state index contributed by atoms with van der Waals surface area (Å²) in [6.45, 7) is 1.57. The van der Waals surface area contributed by atoms with Gasteiger partial charge in [-0.15, -0.1) is 12.4 Å². The number of piperidine rings is 1. The van der Waals surface area contributed by atoms with Crippen molar-refractivity contribution < 1.29 is 4.79 Å². The summed E-state index contributed by atoms with van der Waals surface area (Å²) in [4.78, 5) is 10.7. The lowest BCUT2D eigenvalue weighted by Gasteiger charge is -2.21. The lowest BCUT2D eigenvalue weighted by Crippen LogP contribution is -2.35. The molecule has 0 bridgehead atoms. The minimum atomic E-state index is 0. The van der Waals surface area contributed by atoms with Gasteiger partial charge in [0, 0.05) is 13.0 Å². The molecule has 0 radical (unpaired) electrons. The van der Waals surface area contributed by atoms with Crippen LogP contribution in [-0.4, -0.2) is 19.0 Å². The zero-order valence-electron chi connectivity index (χ0n) is 6.51. The summed E-state index contributed by atoms with van der Waals surface area (Å²) in [6.07, 6.45) is 2.74. The molecule has 0 aromatic rings.